The van der Waals surface area contributed by atoms with Crippen molar-refractivity contribution in [2.45, 2.75) is 12.8 Å². The second kappa shape index (κ2) is 8.14. The highest BCUT2D eigenvalue weighted by atomic mass is 19.1. The van der Waals surface area contributed by atoms with Gasteiger partial charge in [-0.25, -0.2) is 9.18 Å². The molecule has 1 unspecified atom stereocenters. The van der Waals surface area contributed by atoms with Crippen LogP contribution in [0.4, 0.5) is 4.39 Å². The normalized spacial score (nSPS) is 12.3. The first-order chi connectivity index (χ1) is 17.5. The number of aromatic nitrogens is 4. The molecule has 0 fully saturated rings. The van der Waals surface area contributed by atoms with Crippen LogP contribution >= 0.6 is 0 Å². The smallest absolute Gasteiger partial charge is 0.293 e. The van der Waals surface area contributed by atoms with Crippen LogP contribution in [0.2, 0.25) is 0 Å². The van der Waals surface area contributed by atoms with Gasteiger partial charge in [0, 0.05) is 41.2 Å². The van der Waals surface area contributed by atoms with Crippen LogP contribution in [-0.2, 0) is 7.05 Å². The molecule has 0 amide bonds. The van der Waals surface area contributed by atoms with Gasteiger partial charge in [0.15, 0.2) is 0 Å². The van der Waals surface area contributed by atoms with Crippen molar-refractivity contribution >= 4 is 32.8 Å². The Bertz CT molecular complexity index is 1910. The van der Waals surface area contributed by atoms with Crippen LogP contribution < -0.4 is 5.69 Å². The molecule has 0 aliphatic heterocycles. The fourth-order valence-electron chi connectivity index (χ4n) is 4.68. The molecule has 0 radical (unpaired) electrons. The number of nitriles is 1. The summed E-state index contributed by atoms with van der Waals surface area (Å²) in [6.45, 7) is 1.83. The van der Waals surface area contributed by atoms with Crippen molar-refractivity contribution in [3.63, 3.8) is 0 Å². The largest absolute Gasteiger partial charge is 0.333 e. The third-order valence-electron chi connectivity index (χ3n) is 6.72. The van der Waals surface area contributed by atoms with Crippen LogP contribution in [-0.4, -0.2) is 19.1 Å². The molecule has 0 saturated carbocycles. The molecule has 0 aliphatic rings. The lowest BCUT2D eigenvalue weighted by molar-refractivity contribution is 0.633. The van der Waals surface area contributed by atoms with Gasteiger partial charge in [0.25, 0.3) is 0 Å². The number of hydrogen-bond acceptors (Lipinski definition) is 4. The Morgan fingerprint density at radius 2 is 1.72 bits per heavy atom. The van der Waals surface area contributed by atoms with E-state index in [0.29, 0.717) is 38.8 Å². The van der Waals surface area contributed by atoms with E-state index < -0.39 is 5.82 Å². The molecule has 0 N–H and O–H groups in total. The van der Waals surface area contributed by atoms with Gasteiger partial charge in [0.1, 0.15) is 5.82 Å². The van der Waals surface area contributed by atoms with Gasteiger partial charge in [-0.3, -0.25) is 19.1 Å². The fraction of sp³-hybridized carbons (Fsp3) is 0.103. The van der Waals surface area contributed by atoms with Gasteiger partial charge in [-0.2, -0.15) is 5.26 Å². The second-order valence-corrected chi connectivity index (χ2v) is 8.88. The highest BCUT2D eigenvalue weighted by Gasteiger charge is 2.19. The predicted molar refractivity (Wildman–Crippen MR) is 139 cm³/mol. The molecule has 6 aromatic rings. The van der Waals surface area contributed by atoms with Crippen molar-refractivity contribution in [2.75, 3.05) is 0 Å². The van der Waals surface area contributed by atoms with Crippen molar-refractivity contribution in [2.24, 2.45) is 7.05 Å². The fourth-order valence-corrected chi connectivity index (χ4v) is 4.68. The highest BCUT2D eigenvalue weighted by molar-refractivity contribution is 6.05. The van der Waals surface area contributed by atoms with Gasteiger partial charge in [0.2, 0.25) is 0 Å². The van der Waals surface area contributed by atoms with Crippen molar-refractivity contribution in [3.8, 4) is 22.9 Å². The van der Waals surface area contributed by atoms with E-state index in [4.69, 9.17) is 0 Å². The Hall–Kier alpha value is -4.83. The maximum Gasteiger partial charge on any atom is 0.333 e. The van der Waals surface area contributed by atoms with Gasteiger partial charge in [-0.05, 0) is 42.8 Å². The van der Waals surface area contributed by atoms with Crippen molar-refractivity contribution in [1.29, 1.82) is 5.26 Å². The molecule has 7 heteroatoms. The van der Waals surface area contributed by atoms with Crippen LogP contribution in [0.1, 0.15) is 18.4 Å². The molecule has 6 nitrogen and oxygen atoms in total. The first-order valence-electron chi connectivity index (χ1n) is 11.5. The SMILES string of the molecule is CC(C#N)c1ccc(-n2c(=O)n(C)c3cnc4cc(F)c(-c5cnc6ccccc6c5)cc4c32)cc1. The Morgan fingerprint density at radius 3 is 2.50 bits per heavy atom. The van der Waals surface area contributed by atoms with E-state index >= 15 is 4.39 Å². The van der Waals surface area contributed by atoms with Crippen molar-refractivity contribution in [3.05, 3.63) is 101 Å². The third kappa shape index (κ3) is 3.27. The number of para-hydroxylation sites is 1. The second-order valence-electron chi connectivity index (χ2n) is 8.88. The molecule has 3 aromatic heterocycles. The number of hydrogen-bond donors (Lipinski definition) is 0. The Morgan fingerprint density at radius 1 is 0.972 bits per heavy atom. The maximum atomic E-state index is 15.3. The zero-order chi connectivity index (χ0) is 25.0. The molecular formula is C29H20FN5O. The third-order valence-corrected chi connectivity index (χ3v) is 6.72. The quantitative estimate of drug-likeness (QED) is 0.323. The lowest BCUT2D eigenvalue weighted by Gasteiger charge is -2.10. The summed E-state index contributed by atoms with van der Waals surface area (Å²) in [4.78, 5) is 22.3. The lowest BCUT2D eigenvalue weighted by atomic mass is 10.0. The zero-order valence-corrected chi connectivity index (χ0v) is 19.6. The Balaban J connectivity index is 1.63. The monoisotopic (exact) mass is 473 g/mol. The molecule has 0 bridgehead atoms. The van der Waals surface area contributed by atoms with E-state index in [-0.39, 0.29) is 11.6 Å². The molecule has 36 heavy (non-hydrogen) atoms. The molecule has 6 rings (SSSR count). The lowest BCUT2D eigenvalue weighted by Crippen LogP contribution is -2.20. The van der Waals surface area contributed by atoms with Crippen molar-refractivity contribution < 1.29 is 4.39 Å². The Kier molecular flexibility index (Phi) is 4.90. The van der Waals surface area contributed by atoms with E-state index in [2.05, 4.69) is 16.0 Å². The summed E-state index contributed by atoms with van der Waals surface area (Å²) in [5.41, 5.74) is 4.88. The number of fused-ring (bicyclic) bond motifs is 4. The predicted octanol–water partition coefficient (Wildman–Crippen LogP) is 5.86. The summed E-state index contributed by atoms with van der Waals surface area (Å²) in [5, 5.41) is 10.8. The summed E-state index contributed by atoms with van der Waals surface area (Å²) in [6.07, 6.45) is 3.26. The first kappa shape index (κ1) is 21.7. The van der Waals surface area contributed by atoms with Gasteiger partial charge in [-0.15, -0.1) is 0 Å². The van der Waals surface area contributed by atoms with Gasteiger partial charge in [-0.1, -0.05) is 30.3 Å². The van der Waals surface area contributed by atoms with E-state index in [1.807, 2.05) is 61.5 Å². The summed E-state index contributed by atoms with van der Waals surface area (Å²) >= 11 is 0. The molecule has 174 valence electrons. The molecule has 0 spiro atoms. The number of rotatable bonds is 3. The number of halogens is 1. The average molecular weight is 474 g/mol. The maximum absolute atomic E-state index is 15.3. The number of aryl methyl sites for hydroxylation is 1. The number of imidazole rings is 1. The molecule has 0 saturated heterocycles. The molecule has 1 atom stereocenters. The van der Waals surface area contributed by atoms with E-state index in [9.17, 15) is 10.1 Å². The first-order valence-corrected chi connectivity index (χ1v) is 11.5. The molecular weight excluding hydrogens is 453 g/mol. The summed E-state index contributed by atoms with van der Waals surface area (Å²) in [6, 6.07) is 22.3. The van der Waals surface area contributed by atoms with Gasteiger partial charge in [0.05, 0.1) is 45.9 Å². The molecule has 3 heterocycles. The van der Waals surface area contributed by atoms with E-state index in [0.717, 1.165) is 16.5 Å². The minimum Gasteiger partial charge on any atom is -0.293 e. The zero-order valence-electron chi connectivity index (χ0n) is 19.6. The minimum atomic E-state index is -0.411. The highest BCUT2D eigenvalue weighted by Crippen LogP contribution is 2.32. The Labute approximate surface area is 205 Å². The summed E-state index contributed by atoms with van der Waals surface area (Å²) in [7, 11) is 1.69. The molecule has 3 aromatic carbocycles. The summed E-state index contributed by atoms with van der Waals surface area (Å²) in [5.74, 6) is -0.666. The number of benzene rings is 3. The van der Waals surface area contributed by atoms with Crippen LogP contribution in [0, 0.1) is 17.1 Å². The van der Waals surface area contributed by atoms with Crippen molar-refractivity contribution in [1.82, 2.24) is 19.1 Å². The van der Waals surface area contributed by atoms with Crippen LogP contribution in [0.3, 0.4) is 0 Å². The average Bonchev–Trinajstić information content (AvgIpc) is 3.17. The van der Waals surface area contributed by atoms with Crippen LogP contribution in [0.15, 0.2) is 83.9 Å². The van der Waals surface area contributed by atoms with Gasteiger partial charge < -0.3 is 0 Å². The van der Waals surface area contributed by atoms with E-state index in [1.165, 1.54) is 10.6 Å². The van der Waals surface area contributed by atoms with Crippen LogP contribution in [0.5, 0.6) is 0 Å². The minimum absolute atomic E-state index is 0.237. The number of pyridine rings is 2. The standard InChI is InChI=1S/C29H20FN5O/c1-17(14-31)18-7-9-21(10-8-18)35-28-23-12-22(20-11-19-5-3-4-6-25(19)32-15-20)24(30)13-26(23)33-16-27(28)34(2)29(35)36/h3-13,15-17H,1-2H3. The number of nitrogens with zero attached hydrogens (tertiary/aromatic N) is 5. The topological polar surface area (TPSA) is 76.5 Å². The van der Waals surface area contributed by atoms with E-state index in [1.54, 1.807) is 30.1 Å². The van der Waals surface area contributed by atoms with Gasteiger partial charge >= 0.3 is 5.69 Å². The van der Waals surface area contributed by atoms with Crippen LogP contribution in [0.25, 0.3) is 49.7 Å². The summed E-state index contributed by atoms with van der Waals surface area (Å²) < 4.78 is 18.4. The molecule has 0 aliphatic carbocycles.